The van der Waals surface area contributed by atoms with E-state index >= 15 is 0 Å². The van der Waals surface area contributed by atoms with Crippen molar-refractivity contribution in [3.63, 3.8) is 0 Å². The fourth-order valence-electron chi connectivity index (χ4n) is 2.42. The average molecular weight is 279 g/mol. The smallest absolute Gasteiger partial charge is 0.226 e. The molecule has 0 bridgehead atoms. The quantitative estimate of drug-likeness (QED) is 0.867. The molecule has 1 aliphatic rings. The van der Waals surface area contributed by atoms with Gasteiger partial charge in [0.25, 0.3) is 0 Å². The summed E-state index contributed by atoms with van der Waals surface area (Å²) >= 11 is 0. The van der Waals surface area contributed by atoms with Gasteiger partial charge in [-0.3, -0.25) is 0 Å². The van der Waals surface area contributed by atoms with Gasteiger partial charge in [0, 0.05) is 31.0 Å². The third-order valence-corrected chi connectivity index (χ3v) is 3.61. The summed E-state index contributed by atoms with van der Waals surface area (Å²) in [7, 11) is 0. The summed E-state index contributed by atoms with van der Waals surface area (Å²) in [5.74, 6) is 1.93. The molecule has 5 heteroatoms. The summed E-state index contributed by atoms with van der Waals surface area (Å²) in [4.78, 5) is 8.87. The van der Waals surface area contributed by atoms with E-state index in [0.29, 0.717) is 30.4 Å². The molecule has 0 aromatic carbocycles. The maximum atomic E-state index is 5.59. The van der Waals surface area contributed by atoms with Gasteiger partial charge in [-0.25, -0.2) is 4.98 Å². The highest BCUT2D eigenvalue weighted by Gasteiger charge is 2.21. The minimum Gasteiger partial charge on any atom is -0.478 e. The van der Waals surface area contributed by atoms with Crippen molar-refractivity contribution in [1.29, 1.82) is 0 Å². The molecule has 1 atom stereocenters. The van der Waals surface area contributed by atoms with Crippen molar-refractivity contribution in [1.82, 2.24) is 9.97 Å². The zero-order valence-electron chi connectivity index (χ0n) is 12.7. The lowest BCUT2D eigenvalue weighted by molar-refractivity contribution is 0.0621. The summed E-state index contributed by atoms with van der Waals surface area (Å²) in [5, 5.41) is 3.41. The van der Waals surface area contributed by atoms with Crippen molar-refractivity contribution in [2.75, 3.05) is 25.1 Å². The molecule has 1 aromatic heterocycles. The van der Waals surface area contributed by atoms with Crippen molar-refractivity contribution in [3.05, 3.63) is 11.8 Å². The number of hydrogen-bond acceptors (Lipinski definition) is 5. The van der Waals surface area contributed by atoms with Gasteiger partial charge in [-0.15, -0.1) is 0 Å². The first-order chi connectivity index (χ1) is 9.69. The number of nitrogens with zero attached hydrogens (tertiary/aromatic N) is 2. The van der Waals surface area contributed by atoms with Crippen LogP contribution in [0.2, 0.25) is 0 Å². The summed E-state index contributed by atoms with van der Waals surface area (Å²) in [5.41, 5.74) is 0.924. The van der Waals surface area contributed by atoms with Gasteiger partial charge in [0.05, 0.1) is 6.61 Å². The van der Waals surface area contributed by atoms with E-state index in [1.165, 1.54) is 0 Å². The van der Waals surface area contributed by atoms with Crippen molar-refractivity contribution in [2.45, 2.75) is 46.1 Å². The molecule has 1 fully saturated rings. The number of nitrogens with one attached hydrogen (secondary N) is 1. The third kappa shape index (κ3) is 4.34. The lowest BCUT2D eigenvalue weighted by Gasteiger charge is -2.28. The molecule has 1 unspecified atom stereocenters. The Morgan fingerprint density at radius 3 is 2.85 bits per heavy atom. The van der Waals surface area contributed by atoms with E-state index in [1.807, 2.05) is 13.0 Å². The lowest BCUT2D eigenvalue weighted by Crippen LogP contribution is -2.31. The maximum Gasteiger partial charge on any atom is 0.226 e. The SMILES string of the molecule is CCCOc1cc(C)nc(NC(C)C2CCOCC2)n1. The fourth-order valence-corrected chi connectivity index (χ4v) is 2.42. The molecule has 0 radical (unpaired) electrons. The van der Waals surface area contributed by atoms with Gasteiger partial charge in [0.1, 0.15) is 0 Å². The molecule has 0 aliphatic carbocycles. The van der Waals surface area contributed by atoms with Crippen LogP contribution < -0.4 is 10.1 Å². The topological polar surface area (TPSA) is 56.3 Å². The Bertz CT molecular complexity index is 420. The van der Waals surface area contributed by atoms with E-state index in [0.717, 1.165) is 38.2 Å². The molecule has 0 amide bonds. The van der Waals surface area contributed by atoms with Crippen LogP contribution in [0.25, 0.3) is 0 Å². The maximum absolute atomic E-state index is 5.59. The zero-order valence-corrected chi connectivity index (χ0v) is 12.7. The predicted octanol–water partition coefficient (Wildman–Crippen LogP) is 2.80. The first-order valence-corrected chi connectivity index (χ1v) is 7.51. The zero-order chi connectivity index (χ0) is 14.4. The summed E-state index contributed by atoms with van der Waals surface area (Å²) in [6, 6.07) is 2.22. The number of aryl methyl sites for hydroxylation is 1. The Morgan fingerprint density at radius 2 is 2.15 bits per heavy atom. The molecular weight excluding hydrogens is 254 g/mol. The Balaban J connectivity index is 1.98. The van der Waals surface area contributed by atoms with Crippen LogP contribution in [-0.4, -0.2) is 35.8 Å². The number of anilines is 1. The molecule has 2 heterocycles. The molecular formula is C15H25N3O2. The van der Waals surface area contributed by atoms with E-state index in [-0.39, 0.29) is 0 Å². The predicted molar refractivity (Wildman–Crippen MR) is 79.2 cm³/mol. The molecule has 0 spiro atoms. The molecule has 1 aliphatic heterocycles. The highest BCUT2D eigenvalue weighted by molar-refractivity contribution is 5.31. The van der Waals surface area contributed by atoms with Crippen LogP contribution in [0.5, 0.6) is 5.88 Å². The van der Waals surface area contributed by atoms with Crippen LogP contribution in [0.4, 0.5) is 5.95 Å². The van der Waals surface area contributed by atoms with Crippen LogP contribution in [0.15, 0.2) is 6.07 Å². The summed E-state index contributed by atoms with van der Waals surface area (Å²) in [6.07, 6.45) is 3.17. The third-order valence-electron chi connectivity index (χ3n) is 3.61. The van der Waals surface area contributed by atoms with Crippen LogP contribution in [0.1, 0.15) is 38.8 Å². The van der Waals surface area contributed by atoms with Crippen molar-refractivity contribution in [2.24, 2.45) is 5.92 Å². The Kier molecular flexibility index (Phi) is 5.59. The largest absolute Gasteiger partial charge is 0.478 e. The molecule has 112 valence electrons. The Labute approximate surface area is 121 Å². The van der Waals surface area contributed by atoms with E-state index < -0.39 is 0 Å². The molecule has 1 saturated heterocycles. The second-order valence-electron chi connectivity index (χ2n) is 5.40. The van der Waals surface area contributed by atoms with Gasteiger partial charge in [0.2, 0.25) is 11.8 Å². The number of rotatable bonds is 6. The first kappa shape index (κ1) is 15.0. The highest BCUT2D eigenvalue weighted by Crippen LogP contribution is 2.21. The van der Waals surface area contributed by atoms with Crippen LogP contribution in [-0.2, 0) is 4.74 Å². The molecule has 0 saturated carbocycles. The lowest BCUT2D eigenvalue weighted by atomic mass is 9.93. The van der Waals surface area contributed by atoms with Crippen LogP contribution in [0, 0.1) is 12.8 Å². The van der Waals surface area contributed by atoms with Gasteiger partial charge < -0.3 is 14.8 Å². The fraction of sp³-hybridized carbons (Fsp3) is 0.733. The van der Waals surface area contributed by atoms with Gasteiger partial charge >= 0.3 is 0 Å². The highest BCUT2D eigenvalue weighted by atomic mass is 16.5. The summed E-state index contributed by atoms with van der Waals surface area (Å²) in [6.45, 7) is 8.64. The van der Waals surface area contributed by atoms with E-state index in [4.69, 9.17) is 9.47 Å². The first-order valence-electron chi connectivity index (χ1n) is 7.51. The number of aromatic nitrogens is 2. The normalized spacial score (nSPS) is 17.8. The minimum absolute atomic E-state index is 0.347. The summed E-state index contributed by atoms with van der Waals surface area (Å²) < 4.78 is 11.0. The Morgan fingerprint density at radius 1 is 1.40 bits per heavy atom. The molecule has 20 heavy (non-hydrogen) atoms. The molecule has 2 rings (SSSR count). The van der Waals surface area contributed by atoms with Crippen molar-refractivity contribution < 1.29 is 9.47 Å². The van der Waals surface area contributed by atoms with Crippen LogP contribution in [0.3, 0.4) is 0 Å². The van der Waals surface area contributed by atoms with Gasteiger partial charge in [-0.05, 0) is 39.0 Å². The van der Waals surface area contributed by atoms with E-state index in [2.05, 4.69) is 29.1 Å². The van der Waals surface area contributed by atoms with Crippen molar-refractivity contribution >= 4 is 5.95 Å². The monoisotopic (exact) mass is 279 g/mol. The Hall–Kier alpha value is -1.36. The molecule has 5 nitrogen and oxygen atoms in total. The van der Waals surface area contributed by atoms with Gasteiger partial charge in [-0.1, -0.05) is 6.92 Å². The van der Waals surface area contributed by atoms with Gasteiger partial charge in [-0.2, -0.15) is 4.98 Å². The molecule has 1 N–H and O–H groups in total. The average Bonchev–Trinajstić information content (AvgIpc) is 2.45. The van der Waals surface area contributed by atoms with E-state index in [9.17, 15) is 0 Å². The van der Waals surface area contributed by atoms with Crippen LogP contribution >= 0.6 is 0 Å². The number of ether oxygens (including phenoxy) is 2. The van der Waals surface area contributed by atoms with E-state index in [1.54, 1.807) is 0 Å². The second-order valence-corrected chi connectivity index (χ2v) is 5.40. The second kappa shape index (κ2) is 7.43. The molecule has 1 aromatic rings. The van der Waals surface area contributed by atoms with Crippen molar-refractivity contribution in [3.8, 4) is 5.88 Å². The van der Waals surface area contributed by atoms with Gasteiger partial charge in [0.15, 0.2) is 0 Å². The number of hydrogen-bond donors (Lipinski definition) is 1. The standard InChI is InChI=1S/C15H25N3O2/c1-4-7-20-14-10-11(2)16-15(18-14)17-12(3)13-5-8-19-9-6-13/h10,12-13H,4-9H2,1-3H3,(H,16,17,18). The minimum atomic E-state index is 0.347.